The lowest BCUT2D eigenvalue weighted by molar-refractivity contribution is -0.126. The molecule has 152 valence electrons. The topological polar surface area (TPSA) is 43.6 Å². The van der Waals surface area contributed by atoms with E-state index in [4.69, 9.17) is 4.74 Å². The van der Waals surface area contributed by atoms with Crippen molar-refractivity contribution < 1.29 is 9.53 Å². The minimum Gasteiger partial charge on any atom is -0.474 e. The van der Waals surface area contributed by atoms with Crippen LogP contribution in [0.25, 0.3) is 5.65 Å². The molecule has 3 heterocycles. The van der Waals surface area contributed by atoms with E-state index in [1.54, 1.807) is 0 Å². The first kappa shape index (κ1) is 23.4. The van der Waals surface area contributed by atoms with Crippen molar-refractivity contribution in [1.29, 1.82) is 0 Å². The highest BCUT2D eigenvalue weighted by Crippen LogP contribution is 2.36. The first-order valence-electron chi connectivity index (χ1n) is 10.4. The van der Waals surface area contributed by atoms with Crippen LogP contribution in [0.5, 0.6) is 5.75 Å². The molecule has 4 nitrogen and oxygen atoms in total. The van der Waals surface area contributed by atoms with Crippen LogP contribution in [0.15, 0.2) is 42.6 Å². The number of pyridine rings is 1. The summed E-state index contributed by atoms with van der Waals surface area (Å²) in [5, 5.41) is 0. The van der Waals surface area contributed by atoms with Crippen molar-refractivity contribution >= 4 is 11.4 Å². The number of aromatic nitrogens is 2. The first-order chi connectivity index (χ1) is 13.6. The van der Waals surface area contributed by atoms with Crippen LogP contribution in [-0.2, 0) is 11.2 Å². The molecule has 0 fully saturated rings. The van der Waals surface area contributed by atoms with E-state index in [1.807, 2.05) is 102 Å². The number of fused-ring (bicyclic) bond motifs is 3. The van der Waals surface area contributed by atoms with E-state index in [2.05, 4.69) is 4.98 Å². The highest BCUT2D eigenvalue weighted by molar-refractivity contribution is 5.90. The molecule has 3 aromatic rings. The lowest BCUT2D eigenvalue weighted by atomic mass is 9.97. The average molecular weight is 383 g/mol. The quantitative estimate of drug-likeness (QED) is 0.498. The molecule has 28 heavy (non-hydrogen) atoms. The smallest absolute Gasteiger partial charge is 0.182 e. The number of carbonyl (C=O) groups is 1. The third kappa shape index (κ3) is 4.61. The highest BCUT2D eigenvalue weighted by Gasteiger charge is 2.31. The zero-order chi connectivity index (χ0) is 21.3. The Bertz CT molecular complexity index is 883. The standard InChI is InChI=1S/C18H16N2O2.3C2H6/c1-11-12(2)20-9-8-14-10-15(21)16(13-6-4-3-5-7-13)22-17(14)18(20)19-11;3*1-2/h3-9,16H,10H2,1-2H3;3*1-2H3. The Labute approximate surface area is 169 Å². The number of hydrogen-bond donors (Lipinski definition) is 0. The summed E-state index contributed by atoms with van der Waals surface area (Å²) in [5.74, 6) is 0.815. The fraction of sp³-hybridized carbons (Fsp3) is 0.417. The molecule has 4 rings (SSSR count). The molecule has 0 radical (unpaired) electrons. The van der Waals surface area contributed by atoms with Gasteiger partial charge in [-0.25, -0.2) is 4.98 Å². The Kier molecular flexibility index (Phi) is 9.43. The third-order valence-electron chi connectivity index (χ3n) is 4.30. The zero-order valence-corrected chi connectivity index (χ0v) is 18.5. The van der Waals surface area contributed by atoms with E-state index < -0.39 is 6.10 Å². The maximum absolute atomic E-state index is 12.4. The Hall–Kier alpha value is -2.62. The van der Waals surface area contributed by atoms with Crippen LogP contribution >= 0.6 is 0 Å². The number of imidazole rings is 1. The summed E-state index contributed by atoms with van der Waals surface area (Å²) < 4.78 is 8.10. The molecule has 0 aliphatic carbocycles. The number of ketones is 1. The van der Waals surface area contributed by atoms with Gasteiger partial charge in [0.2, 0.25) is 0 Å². The van der Waals surface area contributed by atoms with E-state index in [-0.39, 0.29) is 5.78 Å². The van der Waals surface area contributed by atoms with E-state index in [1.165, 1.54) is 0 Å². The summed E-state index contributed by atoms with van der Waals surface area (Å²) >= 11 is 0. The molecule has 1 aliphatic heterocycles. The zero-order valence-electron chi connectivity index (χ0n) is 18.5. The number of nitrogens with zero attached hydrogens (tertiary/aromatic N) is 2. The second-order valence-electron chi connectivity index (χ2n) is 5.70. The average Bonchev–Trinajstić information content (AvgIpc) is 3.06. The van der Waals surface area contributed by atoms with Gasteiger partial charge in [-0.3, -0.25) is 4.79 Å². The number of rotatable bonds is 1. The largest absolute Gasteiger partial charge is 0.474 e. The SMILES string of the molecule is CC.CC.CC.Cc1nc2c3c(ccn2c1C)CC(=O)C(c1ccccc1)O3. The fourth-order valence-electron chi connectivity index (χ4n) is 2.97. The molecule has 2 aromatic heterocycles. The third-order valence-corrected chi connectivity index (χ3v) is 4.30. The molecule has 1 unspecified atom stereocenters. The van der Waals surface area contributed by atoms with Gasteiger partial charge in [0.05, 0.1) is 5.69 Å². The van der Waals surface area contributed by atoms with Crippen molar-refractivity contribution in [2.24, 2.45) is 0 Å². The minimum atomic E-state index is -0.544. The van der Waals surface area contributed by atoms with E-state index >= 15 is 0 Å². The lowest BCUT2D eigenvalue weighted by Crippen LogP contribution is -2.26. The second kappa shape index (κ2) is 11.3. The molecule has 1 aliphatic rings. The fourth-order valence-corrected chi connectivity index (χ4v) is 2.97. The van der Waals surface area contributed by atoms with Crippen molar-refractivity contribution in [3.63, 3.8) is 0 Å². The van der Waals surface area contributed by atoms with Crippen LogP contribution < -0.4 is 4.74 Å². The van der Waals surface area contributed by atoms with Gasteiger partial charge < -0.3 is 9.14 Å². The maximum atomic E-state index is 12.4. The number of carbonyl (C=O) groups excluding carboxylic acids is 1. The number of hydrogen-bond acceptors (Lipinski definition) is 3. The van der Waals surface area contributed by atoms with Crippen LogP contribution in [0.2, 0.25) is 0 Å². The Morgan fingerprint density at radius 1 is 0.964 bits per heavy atom. The summed E-state index contributed by atoms with van der Waals surface area (Å²) in [6.07, 6.45) is 1.80. The molecule has 4 heteroatoms. The summed E-state index contributed by atoms with van der Waals surface area (Å²) in [7, 11) is 0. The molecule has 0 spiro atoms. The summed E-state index contributed by atoms with van der Waals surface area (Å²) in [5.41, 5.74) is 4.66. The molecule has 0 bridgehead atoms. The van der Waals surface area contributed by atoms with Crippen LogP contribution in [0.4, 0.5) is 0 Å². The van der Waals surface area contributed by atoms with Gasteiger partial charge in [0.1, 0.15) is 0 Å². The molecule has 0 saturated heterocycles. The van der Waals surface area contributed by atoms with Crippen molar-refractivity contribution in [3.8, 4) is 5.75 Å². The molecular weight excluding hydrogens is 348 g/mol. The maximum Gasteiger partial charge on any atom is 0.182 e. The van der Waals surface area contributed by atoms with Gasteiger partial charge in [-0.2, -0.15) is 0 Å². The van der Waals surface area contributed by atoms with Gasteiger partial charge in [0.25, 0.3) is 0 Å². The molecule has 0 N–H and O–H groups in total. The van der Waals surface area contributed by atoms with E-state index in [0.29, 0.717) is 6.42 Å². The number of ether oxygens (including phenoxy) is 1. The minimum absolute atomic E-state index is 0.0862. The van der Waals surface area contributed by atoms with Crippen LogP contribution in [0, 0.1) is 13.8 Å². The van der Waals surface area contributed by atoms with Gasteiger partial charge in [-0.15, -0.1) is 0 Å². The van der Waals surface area contributed by atoms with Gasteiger partial charge in [-0.05, 0) is 25.5 Å². The Balaban J connectivity index is 0.000000599. The van der Waals surface area contributed by atoms with Crippen molar-refractivity contribution in [3.05, 3.63) is 65.1 Å². The first-order valence-corrected chi connectivity index (χ1v) is 10.4. The van der Waals surface area contributed by atoms with Crippen molar-refractivity contribution in [2.45, 2.75) is 67.9 Å². The summed E-state index contributed by atoms with van der Waals surface area (Å²) in [4.78, 5) is 17.0. The van der Waals surface area contributed by atoms with Gasteiger partial charge in [-0.1, -0.05) is 71.9 Å². The van der Waals surface area contributed by atoms with Crippen molar-refractivity contribution in [1.82, 2.24) is 9.38 Å². The van der Waals surface area contributed by atoms with Gasteiger partial charge >= 0.3 is 0 Å². The number of aryl methyl sites for hydroxylation is 2. The Morgan fingerprint density at radius 3 is 2.18 bits per heavy atom. The summed E-state index contributed by atoms with van der Waals surface area (Å²) in [6.45, 7) is 16.0. The highest BCUT2D eigenvalue weighted by atomic mass is 16.5. The lowest BCUT2D eigenvalue weighted by Gasteiger charge is -2.25. The molecule has 0 saturated carbocycles. The normalized spacial score (nSPS) is 14.3. The van der Waals surface area contributed by atoms with Gasteiger partial charge in [0, 0.05) is 23.9 Å². The van der Waals surface area contributed by atoms with Crippen molar-refractivity contribution in [2.75, 3.05) is 0 Å². The molecular formula is C24H34N2O2. The second-order valence-corrected chi connectivity index (χ2v) is 5.70. The van der Waals surface area contributed by atoms with Crippen LogP contribution in [0.3, 0.4) is 0 Å². The van der Waals surface area contributed by atoms with Gasteiger partial charge in [0.15, 0.2) is 23.3 Å². The molecule has 1 atom stereocenters. The number of benzene rings is 1. The molecule has 1 aromatic carbocycles. The van der Waals surface area contributed by atoms with E-state index in [0.717, 1.165) is 33.9 Å². The monoisotopic (exact) mass is 382 g/mol. The summed E-state index contributed by atoms with van der Waals surface area (Å²) in [6, 6.07) is 11.6. The van der Waals surface area contributed by atoms with Crippen LogP contribution in [0.1, 0.15) is 70.2 Å². The van der Waals surface area contributed by atoms with E-state index in [9.17, 15) is 4.79 Å². The Morgan fingerprint density at radius 2 is 1.57 bits per heavy atom. The molecule has 0 amide bonds. The predicted octanol–water partition coefficient (Wildman–Crippen LogP) is 6.28. The predicted molar refractivity (Wildman–Crippen MR) is 117 cm³/mol. The number of Topliss-reactive ketones (excluding diaryl/α,β-unsaturated/α-hetero) is 1. The van der Waals surface area contributed by atoms with Crippen LogP contribution in [-0.4, -0.2) is 15.2 Å².